The molecule has 2 heterocycles. The molecule has 0 unspecified atom stereocenters. The highest BCUT2D eigenvalue weighted by atomic mass is 19.4. The molecule has 0 aliphatic carbocycles. The van der Waals surface area contributed by atoms with Gasteiger partial charge in [-0.2, -0.15) is 13.2 Å². The minimum absolute atomic E-state index is 0.0620. The maximum absolute atomic E-state index is 13.8. The third kappa shape index (κ3) is 4.08. The lowest BCUT2D eigenvalue weighted by Gasteiger charge is -2.20. The Morgan fingerprint density at radius 2 is 1.94 bits per heavy atom. The van der Waals surface area contributed by atoms with E-state index >= 15 is 0 Å². The van der Waals surface area contributed by atoms with E-state index in [-0.39, 0.29) is 12.1 Å². The van der Waals surface area contributed by atoms with Crippen LogP contribution in [-0.4, -0.2) is 28.1 Å². The number of imide groups is 1. The van der Waals surface area contributed by atoms with Crippen molar-refractivity contribution in [3.63, 3.8) is 0 Å². The predicted octanol–water partition coefficient (Wildman–Crippen LogP) is 5.18. The molecule has 1 N–H and O–H groups in total. The number of hydrogen-bond acceptors (Lipinski definition) is 4. The van der Waals surface area contributed by atoms with Crippen molar-refractivity contribution < 1.29 is 31.9 Å². The second-order valence-corrected chi connectivity index (χ2v) is 7.36. The van der Waals surface area contributed by atoms with E-state index in [9.17, 15) is 27.2 Å². The lowest BCUT2D eigenvalue weighted by molar-refractivity contribution is -0.137. The van der Waals surface area contributed by atoms with E-state index < -0.39 is 41.8 Å². The van der Waals surface area contributed by atoms with Crippen LogP contribution in [-0.2, 0) is 17.5 Å². The van der Waals surface area contributed by atoms with Gasteiger partial charge in [0.05, 0.1) is 11.6 Å². The van der Waals surface area contributed by atoms with Gasteiger partial charge in [0.25, 0.3) is 0 Å². The van der Waals surface area contributed by atoms with Gasteiger partial charge in [0.15, 0.2) is 0 Å². The number of amides is 3. The molecule has 32 heavy (non-hydrogen) atoms. The number of ether oxygens (including phenoxy) is 1. The fourth-order valence-electron chi connectivity index (χ4n) is 3.70. The molecule has 0 radical (unpaired) electrons. The molecule has 1 aromatic heterocycles. The molecule has 1 saturated heterocycles. The first-order valence-corrected chi connectivity index (χ1v) is 9.62. The van der Waals surface area contributed by atoms with E-state index in [4.69, 9.17) is 4.74 Å². The monoisotopic (exact) mass is 447 g/mol. The fourth-order valence-corrected chi connectivity index (χ4v) is 3.70. The molecular formula is C22H17F4N3O3. The Morgan fingerprint density at radius 1 is 1.19 bits per heavy atom. The van der Waals surface area contributed by atoms with Crippen LogP contribution >= 0.6 is 0 Å². The quantitative estimate of drug-likeness (QED) is 0.562. The van der Waals surface area contributed by atoms with E-state index in [1.54, 1.807) is 12.4 Å². The topological polar surface area (TPSA) is 71.5 Å². The van der Waals surface area contributed by atoms with Crippen molar-refractivity contribution in [2.24, 2.45) is 0 Å². The minimum atomic E-state index is -4.77. The number of carbonyl (C=O) groups is 2. The number of cyclic esters (lactones) is 1. The molecule has 1 aliphatic heterocycles. The molecule has 4 rings (SSSR count). The van der Waals surface area contributed by atoms with E-state index in [0.717, 1.165) is 21.7 Å². The Labute approximate surface area is 179 Å². The Bertz CT molecular complexity index is 1190. The van der Waals surface area contributed by atoms with Crippen molar-refractivity contribution in [1.82, 2.24) is 15.2 Å². The first-order valence-electron chi connectivity index (χ1n) is 9.62. The summed E-state index contributed by atoms with van der Waals surface area (Å²) in [5, 5.41) is 4.35. The molecule has 10 heteroatoms. The van der Waals surface area contributed by atoms with Gasteiger partial charge in [-0.05, 0) is 41.6 Å². The number of nitrogens with one attached hydrogen (secondary N) is 1. The van der Waals surface area contributed by atoms with Gasteiger partial charge in [0.2, 0.25) is 0 Å². The largest absolute Gasteiger partial charge is 0.439 e. The van der Waals surface area contributed by atoms with Crippen LogP contribution in [0.5, 0.6) is 0 Å². The second-order valence-electron chi connectivity index (χ2n) is 7.36. The summed E-state index contributed by atoms with van der Waals surface area (Å²) >= 11 is 0. The van der Waals surface area contributed by atoms with Gasteiger partial charge >= 0.3 is 18.3 Å². The number of rotatable bonds is 3. The lowest BCUT2D eigenvalue weighted by atomic mass is 10.0. The normalized spacial score (nSPS) is 18.7. The number of urea groups is 1. The second kappa shape index (κ2) is 8.10. The van der Waals surface area contributed by atoms with Crippen molar-refractivity contribution in [3.8, 4) is 0 Å². The molecule has 166 valence electrons. The smallest absolute Gasteiger partial charge is 0.419 e. The highest BCUT2D eigenvalue weighted by molar-refractivity contribution is 5.93. The summed E-state index contributed by atoms with van der Waals surface area (Å²) in [4.78, 5) is 29.9. The maximum atomic E-state index is 13.8. The van der Waals surface area contributed by atoms with Crippen molar-refractivity contribution in [2.45, 2.75) is 31.8 Å². The van der Waals surface area contributed by atoms with Crippen molar-refractivity contribution >= 4 is 22.9 Å². The van der Waals surface area contributed by atoms with Gasteiger partial charge in [0.1, 0.15) is 11.9 Å². The minimum Gasteiger partial charge on any atom is -0.439 e. The van der Waals surface area contributed by atoms with Crippen molar-refractivity contribution in [1.29, 1.82) is 0 Å². The number of aromatic nitrogens is 1. The number of nitrogens with zero attached hydrogens (tertiary/aromatic N) is 2. The van der Waals surface area contributed by atoms with E-state index in [2.05, 4.69) is 10.3 Å². The molecule has 1 fully saturated rings. The molecule has 6 nitrogen and oxygen atoms in total. The standard InChI is InChI=1S/C22H17F4N3O3/c1-12-19(14-6-16(22(24,25)26)8-17(23)7-14)32-21(31)29(12)20(30)28-11-15-10-27-9-13-4-2-3-5-18(13)15/h2-10,12,19H,11H2,1H3,(H,28,30)/t12-,19-/m0/s1. The Morgan fingerprint density at radius 3 is 2.69 bits per heavy atom. The number of alkyl halides is 3. The summed E-state index contributed by atoms with van der Waals surface area (Å²) < 4.78 is 58.0. The van der Waals surface area contributed by atoms with Gasteiger partial charge in [-0.1, -0.05) is 24.3 Å². The number of carbonyl (C=O) groups excluding carboxylic acids is 2. The highest BCUT2D eigenvalue weighted by Gasteiger charge is 2.44. The van der Waals surface area contributed by atoms with Gasteiger partial charge in [-0.25, -0.2) is 18.9 Å². The van der Waals surface area contributed by atoms with Crippen LogP contribution in [0.2, 0.25) is 0 Å². The number of halogens is 4. The Hall–Kier alpha value is -3.69. The number of fused-ring (bicyclic) bond motifs is 1. The average molecular weight is 447 g/mol. The zero-order valence-electron chi connectivity index (χ0n) is 16.7. The van der Waals surface area contributed by atoms with Gasteiger partial charge in [-0.3, -0.25) is 4.98 Å². The summed E-state index contributed by atoms with van der Waals surface area (Å²) in [6.07, 6.45) is -3.79. The summed E-state index contributed by atoms with van der Waals surface area (Å²) in [6, 6.07) is 7.59. The maximum Gasteiger partial charge on any atom is 0.419 e. The fraction of sp³-hybridized carbons (Fsp3) is 0.227. The van der Waals surface area contributed by atoms with Crippen LogP contribution in [0.25, 0.3) is 10.8 Å². The first-order chi connectivity index (χ1) is 15.1. The lowest BCUT2D eigenvalue weighted by Crippen LogP contribution is -2.44. The summed E-state index contributed by atoms with van der Waals surface area (Å²) in [6.45, 7) is 1.50. The number of benzene rings is 2. The van der Waals surface area contributed by atoms with E-state index in [1.165, 1.54) is 6.92 Å². The third-order valence-corrected chi connectivity index (χ3v) is 5.25. The van der Waals surface area contributed by atoms with Gasteiger partial charge in [-0.15, -0.1) is 0 Å². The van der Waals surface area contributed by atoms with Crippen LogP contribution in [0.3, 0.4) is 0 Å². The third-order valence-electron chi connectivity index (χ3n) is 5.25. The van der Waals surface area contributed by atoms with Crippen LogP contribution in [0, 0.1) is 5.82 Å². The van der Waals surface area contributed by atoms with Crippen molar-refractivity contribution in [3.05, 3.63) is 77.4 Å². The molecule has 3 amide bonds. The summed E-state index contributed by atoms with van der Waals surface area (Å²) in [5.41, 5.74) is -0.679. The molecule has 2 aromatic carbocycles. The van der Waals surface area contributed by atoms with Crippen LogP contribution in [0.4, 0.5) is 27.2 Å². The highest BCUT2D eigenvalue weighted by Crippen LogP contribution is 2.37. The predicted molar refractivity (Wildman–Crippen MR) is 106 cm³/mol. The summed E-state index contributed by atoms with van der Waals surface area (Å²) in [5.74, 6) is -1.12. The number of pyridine rings is 1. The van der Waals surface area contributed by atoms with E-state index in [1.807, 2.05) is 24.3 Å². The van der Waals surface area contributed by atoms with Crippen LogP contribution < -0.4 is 5.32 Å². The molecule has 0 spiro atoms. The zero-order valence-corrected chi connectivity index (χ0v) is 16.7. The Kier molecular flexibility index (Phi) is 5.45. The zero-order chi connectivity index (χ0) is 23.0. The molecule has 0 bridgehead atoms. The first kappa shape index (κ1) is 21.5. The van der Waals surface area contributed by atoms with Gasteiger partial charge in [0, 0.05) is 24.3 Å². The van der Waals surface area contributed by atoms with Gasteiger partial charge < -0.3 is 10.1 Å². The molecule has 1 aliphatic rings. The number of hydrogen-bond donors (Lipinski definition) is 1. The SMILES string of the molecule is C[C@H]1[C@@H](c2cc(F)cc(C(F)(F)F)c2)OC(=O)N1C(=O)NCc1cncc2ccccc12. The molecule has 2 atom stereocenters. The van der Waals surface area contributed by atoms with Crippen LogP contribution in [0.15, 0.2) is 54.9 Å². The van der Waals surface area contributed by atoms with Crippen LogP contribution in [0.1, 0.15) is 29.7 Å². The Balaban J connectivity index is 1.52. The van der Waals surface area contributed by atoms with E-state index in [0.29, 0.717) is 17.7 Å². The average Bonchev–Trinajstić information content (AvgIpc) is 3.05. The summed E-state index contributed by atoms with van der Waals surface area (Å²) in [7, 11) is 0. The molecule has 0 saturated carbocycles. The van der Waals surface area contributed by atoms with Crippen molar-refractivity contribution in [2.75, 3.05) is 0 Å². The molecule has 3 aromatic rings. The molecular weight excluding hydrogens is 430 g/mol.